The van der Waals surface area contributed by atoms with E-state index in [9.17, 15) is 31.2 Å². The molecule has 2 aromatic carbocycles. The Morgan fingerprint density at radius 1 is 1.03 bits per heavy atom. The number of halogens is 4. The number of hydrogen-bond acceptors (Lipinski definition) is 4. The Morgan fingerprint density at radius 2 is 1.66 bits per heavy atom. The summed E-state index contributed by atoms with van der Waals surface area (Å²) in [5.41, 5.74) is -1.13. The molecule has 0 saturated heterocycles. The van der Waals surface area contributed by atoms with Crippen LogP contribution in [-0.4, -0.2) is 26.8 Å². The average Bonchev–Trinajstić information content (AvgIpc) is 2.62. The maximum Gasteiger partial charge on any atom is 0.418 e. The minimum absolute atomic E-state index is 0.00623. The first kappa shape index (κ1) is 22.7. The minimum Gasteiger partial charge on any atom is -0.347 e. The monoisotopic (exact) mass is 449 g/mol. The molecule has 0 aromatic heterocycles. The topological polar surface area (TPSA) is 118 Å². The van der Waals surface area contributed by atoms with Gasteiger partial charge in [-0.05, 0) is 42.3 Å². The number of rotatable bonds is 5. The average molecular weight is 450 g/mol. The molecule has 12 heteroatoms. The third-order valence-electron chi connectivity index (χ3n) is 3.69. The highest BCUT2D eigenvalue weighted by atomic mass is 35.5. The van der Waals surface area contributed by atoms with E-state index in [1.165, 1.54) is 24.3 Å². The summed E-state index contributed by atoms with van der Waals surface area (Å²) in [6, 6.07) is 8.28. The highest BCUT2D eigenvalue weighted by Gasteiger charge is 2.34. The fraction of sp³-hybridized carbons (Fsp3) is 0.176. The molecule has 29 heavy (non-hydrogen) atoms. The maximum atomic E-state index is 13.0. The van der Waals surface area contributed by atoms with E-state index in [0.29, 0.717) is 11.6 Å². The molecule has 0 fully saturated rings. The van der Waals surface area contributed by atoms with Crippen molar-refractivity contribution in [3.8, 4) is 0 Å². The fourth-order valence-electron chi connectivity index (χ4n) is 2.29. The summed E-state index contributed by atoms with van der Waals surface area (Å²) >= 11 is 5.55. The predicted molar refractivity (Wildman–Crippen MR) is 99.6 cm³/mol. The van der Waals surface area contributed by atoms with Crippen LogP contribution in [0.4, 0.5) is 18.9 Å². The number of primary sulfonamides is 1. The van der Waals surface area contributed by atoms with Crippen LogP contribution in [0.3, 0.4) is 0 Å². The third kappa shape index (κ3) is 6.44. The Kier molecular flexibility index (Phi) is 6.88. The molecule has 2 rings (SSSR count). The molecular formula is C17H15ClF3N3O4S. The first-order valence-electron chi connectivity index (χ1n) is 7.95. The van der Waals surface area contributed by atoms with E-state index in [-0.39, 0.29) is 22.9 Å². The first-order valence-corrected chi connectivity index (χ1v) is 9.88. The first-order chi connectivity index (χ1) is 13.4. The number of carbonyl (C=O) groups is 2. The lowest BCUT2D eigenvalue weighted by Crippen LogP contribution is -2.36. The highest BCUT2D eigenvalue weighted by Crippen LogP contribution is 2.36. The van der Waals surface area contributed by atoms with Crippen molar-refractivity contribution in [1.29, 1.82) is 0 Å². The van der Waals surface area contributed by atoms with Crippen molar-refractivity contribution in [3.63, 3.8) is 0 Å². The molecule has 0 bridgehead atoms. The summed E-state index contributed by atoms with van der Waals surface area (Å²) in [4.78, 5) is 23.6. The lowest BCUT2D eigenvalue weighted by atomic mass is 10.1. The molecule has 7 nitrogen and oxygen atoms in total. The lowest BCUT2D eigenvalue weighted by Gasteiger charge is -2.14. The molecule has 2 amide bonds. The summed E-state index contributed by atoms with van der Waals surface area (Å²) in [7, 11) is -3.82. The number of nitrogens with one attached hydrogen (secondary N) is 2. The van der Waals surface area contributed by atoms with Crippen molar-refractivity contribution < 1.29 is 31.2 Å². The van der Waals surface area contributed by atoms with Crippen molar-refractivity contribution >= 4 is 39.1 Å². The van der Waals surface area contributed by atoms with Crippen LogP contribution in [0.15, 0.2) is 47.4 Å². The lowest BCUT2D eigenvalue weighted by molar-refractivity contribution is -0.138. The number of nitrogens with two attached hydrogens (primary N) is 1. The quantitative estimate of drug-likeness (QED) is 0.607. The van der Waals surface area contributed by atoms with Crippen LogP contribution >= 0.6 is 11.6 Å². The SMILES string of the molecule is NS(=O)(=O)c1ccc(CCNC(=O)C(=O)Nc2ccc(Cl)cc2C(F)(F)F)cc1. The van der Waals surface area contributed by atoms with E-state index in [1.807, 2.05) is 5.32 Å². The van der Waals surface area contributed by atoms with Crippen molar-refractivity contribution in [2.24, 2.45) is 5.14 Å². The molecule has 156 valence electrons. The third-order valence-corrected chi connectivity index (χ3v) is 4.86. The van der Waals surface area contributed by atoms with Crippen LogP contribution in [-0.2, 0) is 32.2 Å². The van der Waals surface area contributed by atoms with Gasteiger partial charge in [-0.25, -0.2) is 13.6 Å². The number of alkyl halides is 3. The van der Waals surface area contributed by atoms with E-state index in [4.69, 9.17) is 16.7 Å². The van der Waals surface area contributed by atoms with Gasteiger partial charge in [-0.3, -0.25) is 9.59 Å². The molecule has 0 aliphatic rings. The summed E-state index contributed by atoms with van der Waals surface area (Å²) in [5.74, 6) is -2.41. The van der Waals surface area contributed by atoms with Gasteiger partial charge in [0.15, 0.2) is 0 Å². The molecule has 4 N–H and O–H groups in total. The molecule has 0 spiro atoms. The summed E-state index contributed by atoms with van der Waals surface area (Å²) in [6.45, 7) is -0.00623. The number of sulfonamides is 1. The van der Waals surface area contributed by atoms with Gasteiger partial charge in [0.2, 0.25) is 10.0 Å². The van der Waals surface area contributed by atoms with Gasteiger partial charge in [-0.2, -0.15) is 13.2 Å². The number of amides is 2. The van der Waals surface area contributed by atoms with Crippen LogP contribution in [0, 0.1) is 0 Å². The smallest absolute Gasteiger partial charge is 0.347 e. The Morgan fingerprint density at radius 3 is 2.21 bits per heavy atom. The Hall–Kier alpha value is -2.63. The highest BCUT2D eigenvalue weighted by molar-refractivity contribution is 7.89. The predicted octanol–water partition coefficient (Wildman–Crippen LogP) is 2.30. The van der Waals surface area contributed by atoms with Crippen molar-refractivity contribution in [2.45, 2.75) is 17.5 Å². The van der Waals surface area contributed by atoms with Gasteiger partial charge >= 0.3 is 18.0 Å². The van der Waals surface area contributed by atoms with Gasteiger partial charge < -0.3 is 10.6 Å². The van der Waals surface area contributed by atoms with Gasteiger partial charge in [-0.1, -0.05) is 23.7 Å². The fourth-order valence-corrected chi connectivity index (χ4v) is 2.97. The zero-order valence-electron chi connectivity index (χ0n) is 14.6. The molecule has 0 aliphatic heterocycles. The van der Waals surface area contributed by atoms with Gasteiger partial charge in [0.05, 0.1) is 16.1 Å². The Balaban J connectivity index is 1.94. The largest absolute Gasteiger partial charge is 0.418 e. The van der Waals surface area contributed by atoms with Crippen molar-refractivity contribution in [3.05, 3.63) is 58.6 Å². The molecule has 0 heterocycles. The van der Waals surface area contributed by atoms with Crippen LogP contribution in [0.25, 0.3) is 0 Å². The summed E-state index contributed by atoms with van der Waals surface area (Å²) in [5, 5.41) is 8.98. The van der Waals surface area contributed by atoms with Gasteiger partial charge in [0, 0.05) is 11.6 Å². The van der Waals surface area contributed by atoms with E-state index in [2.05, 4.69) is 5.32 Å². The van der Waals surface area contributed by atoms with Gasteiger partial charge in [0.1, 0.15) is 0 Å². The van der Waals surface area contributed by atoms with Crippen molar-refractivity contribution in [1.82, 2.24) is 5.32 Å². The Labute approximate surface area is 169 Å². The molecule has 0 atom stereocenters. The van der Waals surface area contributed by atoms with Crippen LogP contribution in [0.1, 0.15) is 11.1 Å². The van der Waals surface area contributed by atoms with Crippen LogP contribution in [0.2, 0.25) is 5.02 Å². The van der Waals surface area contributed by atoms with Gasteiger partial charge in [0.25, 0.3) is 0 Å². The number of benzene rings is 2. The number of anilines is 1. The molecular weight excluding hydrogens is 435 g/mol. The minimum atomic E-state index is -4.77. The molecule has 0 aliphatic carbocycles. The second kappa shape index (κ2) is 8.80. The Bertz CT molecular complexity index is 1030. The standard InChI is InChI=1S/C17H15ClF3N3O4S/c18-11-3-6-14(13(9-11)17(19,20)21)24-16(26)15(25)23-8-7-10-1-4-12(5-2-10)29(22,27)28/h1-6,9H,7-8H2,(H,23,25)(H,24,26)(H2,22,27,28). The second-order valence-electron chi connectivity index (χ2n) is 5.84. The van der Waals surface area contributed by atoms with Crippen molar-refractivity contribution in [2.75, 3.05) is 11.9 Å². The van der Waals surface area contributed by atoms with E-state index in [0.717, 1.165) is 12.1 Å². The molecule has 0 unspecified atom stereocenters. The molecule has 0 saturated carbocycles. The van der Waals surface area contributed by atoms with E-state index >= 15 is 0 Å². The maximum absolute atomic E-state index is 13.0. The molecule has 0 radical (unpaired) electrons. The zero-order chi connectivity index (χ0) is 21.8. The second-order valence-corrected chi connectivity index (χ2v) is 7.83. The van der Waals surface area contributed by atoms with Crippen LogP contribution in [0.5, 0.6) is 0 Å². The summed E-state index contributed by atoms with van der Waals surface area (Å²) in [6.07, 6.45) is -4.52. The zero-order valence-corrected chi connectivity index (χ0v) is 16.2. The normalized spacial score (nSPS) is 11.8. The van der Waals surface area contributed by atoms with E-state index < -0.39 is 39.3 Å². The molecule has 2 aromatic rings. The number of hydrogen-bond donors (Lipinski definition) is 3. The summed E-state index contributed by atoms with van der Waals surface area (Å²) < 4.78 is 61.4. The van der Waals surface area contributed by atoms with E-state index in [1.54, 1.807) is 0 Å². The number of carbonyl (C=O) groups excluding carboxylic acids is 2. The van der Waals surface area contributed by atoms with Gasteiger partial charge in [-0.15, -0.1) is 0 Å². The van der Waals surface area contributed by atoms with Crippen LogP contribution < -0.4 is 15.8 Å².